The van der Waals surface area contributed by atoms with E-state index in [1.807, 2.05) is 30.3 Å². The number of rotatable bonds is 4. The van der Waals surface area contributed by atoms with Crippen LogP contribution in [0.25, 0.3) is 27.6 Å². The third-order valence-electron chi connectivity index (χ3n) is 4.86. The van der Waals surface area contributed by atoms with E-state index in [1.165, 1.54) is 11.3 Å². The first-order valence-electron chi connectivity index (χ1n) is 9.93. The van der Waals surface area contributed by atoms with Gasteiger partial charge in [-0.3, -0.25) is 0 Å². The maximum absolute atomic E-state index is 10.8. The Kier molecular flexibility index (Phi) is 6.49. The Balaban J connectivity index is 2.03. The summed E-state index contributed by atoms with van der Waals surface area (Å²) in [5, 5.41) is 27.0. The molecule has 5 nitrogen and oxygen atoms in total. The molecular formula is C23H21BrCl2N4OS. The summed E-state index contributed by atoms with van der Waals surface area (Å²) in [7, 11) is 0. The summed E-state index contributed by atoms with van der Waals surface area (Å²) in [4.78, 5) is 0. The summed E-state index contributed by atoms with van der Waals surface area (Å²) < 4.78 is 2.70. The predicted octanol–water partition coefficient (Wildman–Crippen LogP) is 7.48. The second-order valence-corrected chi connectivity index (χ2v) is 11.2. The number of hydrogen-bond donors (Lipinski definition) is 1. The van der Waals surface area contributed by atoms with E-state index in [2.05, 4.69) is 46.9 Å². The van der Waals surface area contributed by atoms with Crippen LogP contribution in [0.5, 0.6) is 0 Å². The Morgan fingerprint density at radius 1 is 1.06 bits per heavy atom. The molecule has 2 aromatic heterocycles. The molecule has 1 unspecified atom stereocenters. The Morgan fingerprint density at radius 3 is 2.31 bits per heavy atom. The second kappa shape index (κ2) is 8.88. The smallest absolute Gasteiger partial charge is 0.168 e. The molecule has 1 atom stereocenters. The van der Waals surface area contributed by atoms with Crippen LogP contribution in [0.15, 0.2) is 46.9 Å². The molecule has 4 rings (SSSR count). The lowest BCUT2D eigenvalue weighted by Crippen LogP contribution is -2.10. The maximum Gasteiger partial charge on any atom is 0.168 e. The van der Waals surface area contributed by atoms with Crippen molar-refractivity contribution in [2.75, 3.05) is 0 Å². The van der Waals surface area contributed by atoms with Gasteiger partial charge in [-0.25, -0.2) is 4.68 Å². The Bertz CT molecular complexity index is 1280. The zero-order chi connectivity index (χ0) is 23.2. The maximum atomic E-state index is 10.8. The lowest BCUT2D eigenvalue weighted by atomic mass is 9.98. The normalized spacial score (nSPS) is 12.9. The van der Waals surface area contributed by atoms with Crippen molar-refractivity contribution in [2.24, 2.45) is 0 Å². The average Bonchev–Trinajstić information content (AvgIpc) is 3.33. The predicted molar refractivity (Wildman–Crippen MR) is 135 cm³/mol. The van der Waals surface area contributed by atoms with Crippen molar-refractivity contribution in [1.82, 2.24) is 20.0 Å². The number of aliphatic hydroxyl groups is 1. The minimum Gasteiger partial charge on any atom is -0.389 e. The molecule has 0 bridgehead atoms. The third-order valence-corrected chi connectivity index (χ3v) is 7.29. The van der Waals surface area contributed by atoms with E-state index in [9.17, 15) is 5.11 Å². The van der Waals surface area contributed by atoms with E-state index in [4.69, 9.17) is 28.3 Å². The molecule has 0 amide bonds. The summed E-state index contributed by atoms with van der Waals surface area (Å²) in [5.41, 5.74) is 3.38. The largest absolute Gasteiger partial charge is 0.389 e. The Labute approximate surface area is 209 Å². The van der Waals surface area contributed by atoms with Crippen molar-refractivity contribution < 1.29 is 5.11 Å². The van der Waals surface area contributed by atoms with Gasteiger partial charge in [0.25, 0.3) is 0 Å². The molecule has 4 aromatic rings. The highest BCUT2D eigenvalue weighted by atomic mass is 79.9. The second-order valence-electron chi connectivity index (χ2n) is 8.46. The number of nitrogens with zero attached hydrogens (tertiary/aromatic N) is 4. The minimum atomic E-state index is -0.801. The molecule has 0 aliphatic rings. The summed E-state index contributed by atoms with van der Waals surface area (Å²) in [6.45, 7) is 7.99. The van der Waals surface area contributed by atoms with Crippen LogP contribution in [-0.2, 0) is 5.41 Å². The van der Waals surface area contributed by atoms with E-state index < -0.39 is 6.10 Å². The highest BCUT2D eigenvalue weighted by Gasteiger charge is 2.29. The molecule has 0 radical (unpaired) electrons. The molecule has 0 aliphatic heterocycles. The fourth-order valence-corrected chi connectivity index (χ4v) is 4.97. The van der Waals surface area contributed by atoms with Crippen molar-refractivity contribution in [2.45, 2.75) is 39.2 Å². The third kappa shape index (κ3) is 4.50. The molecule has 0 saturated carbocycles. The number of aromatic nitrogens is 4. The fourth-order valence-electron chi connectivity index (χ4n) is 3.32. The lowest BCUT2D eigenvalue weighted by Gasteiger charge is -2.13. The molecule has 9 heteroatoms. The monoisotopic (exact) mass is 550 g/mol. The Morgan fingerprint density at radius 2 is 1.75 bits per heavy atom. The molecule has 0 fully saturated rings. The first-order valence-corrected chi connectivity index (χ1v) is 12.3. The summed E-state index contributed by atoms with van der Waals surface area (Å²) >= 11 is 17.7. The number of aliphatic hydroxyl groups excluding tert-OH is 1. The standard InChI is InChI=1S/C23H21BrCl2N4OS/c1-12(31)18-19(21-27-28-22(32-21)23(2,3)4)29-30(17-10-9-15(25)11-16(17)26)20(18)13-5-7-14(24)8-6-13/h5-12,31H,1-4H3. The van der Waals surface area contributed by atoms with E-state index in [0.717, 1.165) is 20.7 Å². The molecular weight excluding hydrogens is 531 g/mol. The number of benzene rings is 2. The summed E-state index contributed by atoms with van der Waals surface area (Å²) in [5.74, 6) is 0. The molecule has 1 N–H and O–H groups in total. The Hall–Kier alpha value is -1.77. The van der Waals surface area contributed by atoms with Gasteiger partial charge in [0.2, 0.25) is 0 Å². The van der Waals surface area contributed by atoms with Crippen LogP contribution in [0, 0.1) is 0 Å². The van der Waals surface area contributed by atoms with Gasteiger partial charge in [-0.1, -0.05) is 83.4 Å². The average molecular weight is 552 g/mol. The van der Waals surface area contributed by atoms with Gasteiger partial charge < -0.3 is 5.11 Å². The molecule has 2 aromatic carbocycles. The van der Waals surface area contributed by atoms with Crippen LogP contribution in [0.4, 0.5) is 0 Å². The van der Waals surface area contributed by atoms with Crippen molar-refractivity contribution in [3.05, 3.63) is 67.6 Å². The van der Waals surface area contributed by atoms with Gasteiger partial charge in [-0.2, -0.15) is 5.10 Å². The van der Waals surface area contributed by atoms with Gasteiger partial charge in [0.1, 0.15) is 10.7 Å². The van der Waals surface area contributed by atoms with Crippen LogP contribution < -0.4 is 0 Å². The summed E-state index contributed by atoms with van der Waals surface area (Å²) in [6.07, 6.45) is -0.801. The fraction of sp³-hybridized carbons (Fsp3) is 0.261. The van der Waals surface area contributed by atoms with Crippen LogP contribution >= 0.6 is 50.5 Å². The SMILES string of the molecule is CC(O)c1c(-c2nnc(C(C)(C)C)s2)nn(-c2ccc(Cl)cc2Cl)c1-c1ccc(Br)cc1. The van der Waals surface area contributed by atoms with Crippen LogP contribution in [0.2, 0.25) is 10.0 Å². The number of hydrogen-bond acceptors (Lipinski definition) is 5. The molecule has 32 heavy (non-hydrogen) atoms. The van der Waals surface area contributed by atoms with E-state index in [1.54, 1.807) is 23.7 Å². The topological polar surface area (TPSA) is 63.8 Å². The van der Waals surface area contributed by atoms with Gasteiger partial charge in [0.15, 0.2) is 5.01 Å². The molecule has 0 aliphatic carbocycles. The van der Waals surface area contributed by atoms with Crippen molar-refractivity contribution in [3.63, 3.8) is 0 Å². The van der Waals surface area contributed by atoms with Crippen molar-refractivity contribution >= 4 is 50.5 Å². The van der Waals surface area contributed by atoms with Gasteiger partial charge >= 0.3 is 0 Å². The van der Waals surface area contributed by atoms with Gasteiger partial charge in [-0.05, 0) is 37.3 Å². The summed E-state index contributed by atoms with van der Waals surface area (Å²) in [6, 6.07) is 13.1. The first-order chi connectivity index (χ1) is 15.1. The highest BCUT2D eigenvalue weighted by Crippen LogP contribution is 2.41. The van der Waals surface area contributed by atoms with Crippen molar-refractivity contribution in [1.29, 1.82) is 0 Å². The van der Waals surface area contributed by atoms with Crippen LogP contribution in [0.3, 0.4) is 0 Å². The van der Waals surface area contributed by atoms with E-state index >= 15 is 0 Å². The lowest BCUT2D eigenvalue weighted by molar-refractivity contribution is 0.200. The molecule has 166 valence electrons. The van der Waals surface area contributed by atoms with E-state index in [-0.39, 0.29) is 5.41 Å². The van der Waals surface area contributed by atoms with Crippen molar-refractivity contribution in [3.8, 4) is 27.6 Å². The molecule has 2 heterocycles. The van der Waals surface area contributed by atoms with Gasteiger partial charge in [0, 0.05) is 26.0 Å². The van der Waals surface area contributed by atoms with Gasteiger partial charge in [-0.15, -0.1) is 10.2 Å². The highest BCUT2D eigenvalue weighted by molar-refractivity contribution is 9.10. The van der Waals surface area contributed by atoms with Crippen LogP contribution in [-0.4, -0.2) is 25.1 Å². The number of halogens is 3. The molecule has 0 saturated heterocycles. The minimum absolute atomic E-state index is 0.141. The quantitative estimate of drug-likeness (QED) is 0.285. The molecule has 0 spiro atoms. The zero-order valence-electron chi connectivity index (χ0n) is 17.9. The van der Waals surface area contributed by atoms with Crippen LogP contribution in [0.1, 0.15) is 44.4 Å². The van der Waals surface area contributed by atoms with Gasteiger partial charge in [0.05, 0.1) is 22.5 Å². The zero-order valence-corrected chi connectivity index (χ0v) is 21.8. The first kappa shape index (κ1) is 23.4. The van der Waals surface area contributed by atoms with E-state index in [0.29, 0.717) is 32.0 Å².